The van der Waals surface area contributed by atoms with Gasteiger partial charge in [0.1, 0.15) is 11.5 Å². The lowest BCUT2D eigenvalue weighted by Crippen LogP contribution is -2.40. The first-order chi connectivity index (χ1) is 14.1. The number of fused-ring (bicyclic) bond motifs is 1. The van der Waals surface area contributed by atoms with Crippen LogP contribution in [-0.4, -0.2) is 41.6 Å². The van der Waals surface area contributed by atoms with Crippen LogP contribution in [0.3, 0.4) is 0 Å². The standard InChI is InChI=1S/C24H23NO4/c1-2-28-23(27)19-18-13-14-24(29-18)15-25(22(26)20(19)24)21(16-9-5-3-6-10-16)17-11-7-4-8-12-17/h3-14,18-21H,2,15H2,1H3/t18-,19?,20+,24-/m1/s1. The van der Waals surface area contributed by atoms with Crippen LogP contribution in [0.2, 0.25) is 0 Å². The molecule has 2 aromatic rings. The second-order valence-electron chi connectivity index (χ2n) is 7.84. The van der Waals surface area contributed by atoms with Crippen LogP contribution >= 0.6 is 0 Å². The summed E-state index contributed by atoms with van der Waals surface area (Å²) in [7, 11) is 0. The summed E-state index contributed by atoms with van der Waals surface area (Å²) in [6.07, 6.45) is 3.51. The highest BCUT2D eigenvalue weighted by atomic mass is 16.6. The third-order valence-corrected chi connectivity index (χ3v) is 6.23. The molecule has 148 valence electrons. The van der Waals surface area contributed by atoms with E-state index in [2.05, 4.69) is 0 Å². The van der Waals surface area contributed by atoms with Crippen molar-refractivity contribution >= 4 is 11.9 Å². The van der Waals surface area contributed by atoms with Gasteiger partial charge in [-0.05, 0) is 18.1 Å². The summed E-state index contributed by atoms with van der Waals surface area (Å²) in [5.74, 6) is -1.51. The summed E-state index contributed by atoms with van der Waals surface area (Å²) >= 11 is 0. The van der Waals surface area contributed by atoms with Crippen LogP contribution in [0.4, 0.5) is 0 Å². The van der Waals surface area contributed by atoms with Gasteiger partial charge in [0, 0.05) is 0 Å². The molecule has 2 fully saturated rings. The van der Waals surface area contributed by atoms with E-state index in [4.69, 9.17) is 9.47 Å². The van der Waals surface area contributed by atoms with Gasteiger partial charge in [0.25, 0.3) is 0 Å². The molecule has 0 N–H and O–H groups in total. The molecule has 0 aliphatic carbocycles. The Hall–Kier alpha value is -2.92. The van der Waals surface area contributed by atoms with Crippen LogP contribution in [-0.2, 0) is 19.1 Å². The van der Waals surface area contributed by atoms with Gasteiger partial charge in [-0.25, -0.2) is 0 Å². The first-order valence-corrected chi connectivity index (χ1v) is 10.1. The van der Waals surface area contributed by atoms with E-state index in [0.717, 1.165) is 11.1 Å². The molecule has 1 unspecified atom stereocenters. The normalized spacial score (nSPS) is 29.5. The van der Waals surface area contributed by atoms with Crippen molar-refractivity contribution < 1.29 is 19.1 Å². The van der Waals surface area contributed by atoms with Crippen LogP contribution in [0, 0.1) is 11.8 Å². The molecular weight excluding hydrogens is 366 g/mol. The zero-order valence-electron chi connectivity index (χ0n) is 16.2. The van der Waals surface area contributed by atoms with Crippen molar-refractivity contribution in [1.29, 1.82) is 0 Å². The number of esters is 1. The summed E-state index contributed by atoms with van der Waals surface area (Å²) in [4.78, 5) is 28.2. The third-order valence-electron chi connectivity index (χ3n) is 6.23. The summed E-state index contributed by atoms with van der Waals surface area (Å²) in [6.45, 7) is 2.50. The van der Waals surface area contributed by atoms with Gasteiger partial charge in [0.05, 0.1) is 31.2 Å². The van der Waals surface area contributed by atoms with Crippen molar-refractivity contribution in [3.63, 3.8) is 0 Å². The smallest absolute Gasteiger partial charge is 0.312 e. The number of rotatable bonds is 5. The maximum Gasteiger partial charge on any atom is 0.312 e. The van der Waals surface area contributed by atoms with Crippen molar-refractivity contribution in [1.82, 2.24) is 4.90 Å². The average molecular weight is 389 g/mol. The largest absolute Gasteiger partial charge is 0.466 e. The zero-order valence-corrected chi connectivity index (χ0v) is 16.2. The van der Waals surface area contributed by atoms with Crippen molar-refractivity contribution in [3.05, 3.63) is 83.9 Å². The number of carbonyl (C=O) groups is 2. The fourth-order valence-corrected chi connectivity index (χ4v) is 5.08. The van der Waals surface area contributed by atoms with Crippen molar-refractivity contribution in [3.8, 4) is 0 Å². The first kappa shape index (κ1) is 18.1. The number of amides is 1. The number of benzene rings is 2. The van der Waals surface area contributed by atoms with E-state index in [9.17, 15) is 9.59 Å². The van der Waals surface area contributed by atoms with E-state index in [1.807, 2.05) is 77.7 Å². The van der Waals surface area contributed by atoms with E-state index in [0.29, 0.717) is 13.2 Å². The fourth-order valence-electron chi connectivity index (χ4n) is 5.08. The Balaban J connectivity index is 1.55. The number of hydrogen-bond acceptors (Lipinski definition) is 4. The van der Waals surface area contributed by atoms with Crippen LogP contribution in [0.1, 0.15) is 24.1 Å². The SMILES string of the molecule is CCOC(=O)C1[C@H]2C(=O)N(C(c3ccccc3)c3ccccc3)C[C@]23C=C[C@H]1O3. The van der Waals surface area contributed by atoms with Gasteiger partial charge in [0.15, 0.2) is 0 Å². The molecule has 0 saturated carbocycles. The topological polar surface area (TPSA) is 55.8 Å². The van der Waals surface area contributed by atoms with Gasteiger partial charge in [-0.3, -0.25) is 9.59 Å². The van der Waals surface area contributed by atoms with E-state index in [1.165, 1.54) is 0 Å². The molecule has 3 aliphatic rings. The zero-order chi connectivity index (χ0) is 20.0. The second kappa shape index (κ2) is 6.85. The van der Waals surface area contributed by atoms with Gasteiger partial charge in [-0.1, -0.05) is 72.8 Å². The summed E-state index contributed by atoms with van der Waals surface area (Å²) < 4.78 is 11.5. The minimum Gasteiger partial charge on any atom is -0.466 e. The van der Waals surface area contributed by atoms with Crippen molar-refractivity contribution in [2.75, 3.05) is 13.2 Å². The molecule has 1 spiro atoms. The van der Waals surface area contributed by atoms with Crippen LogP contribution in [0.15, 0.2) is 72.8 Å². The molecule has 4 atom stereocenters. The second-order valence-corrected chi connectivity index (χ2v) is 7.84. The molecule has 0 radical (unpaired) electrons. The Bertz CT molecular complexity index is 918. The Morgan fingerprint density at radius 3 is 2.34 bits per heavy atom. The number of carbonyl (C=O) groups excluding carboxylic acids is 2. The third kappa shape index (κ3) is 2.72. The molecule has 1 amide bonds. The molecule has 5 nitrogen and oxygen atoms in total. The highest BCUT2D eigenvalue weighted by Gasteiger charge is 2.68. The molecule has 29 heavy (non-hydrogen) atoms. The molecular formula is C24H23NO4. The number of hydrogen-bond donors (Lipinski definition) is 0. The van der Waals surface area contributed by atoms with Gasteiger partial charge in [0.2, 0.25) is 5.91 Å². The Morgan fingerprint density at radius 1 is 1.14 bits per heavy atom. The minimum atomic E-state index is -0.749. The van der Waals surface area contributed by atoms with Gasteiger partial charge in [-0.15, -0.1) is 0 Å². The highest BCUT2D eigenvalue weighted by Crippen LogP contribution is 2.54. The molecule has 3 aliphatic heterocycles. The Labute approximate surface area is 169 Å². The van der Waals surface area contributed by atoms with E-state index < -0.39 is 17.4 Å². The van der Waals surface area contributed by atoms with Crippen LogP contribution in [0.5, 0.6) is 0 Å². The quantitative estimate of drug-likeness (QED) is 0.582. The molecule has 5 heteroatoms. The Morgan fingerprint density at radius 2 is 1.76 bits per heavy atom. The molecule has 5 rings (SSSR count). The molecule has 3 heterocycles. The summed E-state index contributed by atoms with van der Waals surface area (Å²) in [5.41, 5.74) is 1.32. The highest BCUT2D eigenvalue weighted by molar-refractivity contribution is 5.91. The fraction of sp³-hybridized carbons (Fsp3) is 0.333. The summed E-state index contributed by atoms with van der Waals surface area (Å²) in [6, 6.07) is 19.8. The van der Waals surface area contributed by atoms with Gasteiger partial charge >= 0.3 is 5.97 Å². The maximum atomic E-state index is 13.7. The molecule has 2 saturated heterocycles. The minimum absolute atomic E-state index is 0.0485. The number of likely N-dealkylation sites (tertiary alicyclic amines) is 1. The average Bonchev–Trinajstić information content (AvgIpc) is 3.39. The van der Waals surface area contributed by atoms with Gasteiger partial charge in [-0.2, -0.15) is 0 Å². The van der Waals surface area contributed by atoms with Gasteiger partial charge < -0.3 is 14.4 Å². The molecule has 2 aromatic carbocycles. The van der Waals surface area contributed by atoms with E-state index in [1.54, 1.807) is 6.92 Å². The lowest BCUT2D eigenvalue weighted by atomic mass is 9.77. The number of ether oxygens (including phenoxy) is 2. The predicted molar refractivity (Wildman–Crippen MR) is 107 cm³/mol. The first-order valence-electron chi connectivity index (χ1n) is 10.1. The lowest BCUT2D eigenvalue weighted by molar-refractivity contribution is -0.153. The molecule has 0 aromatic heterocycles. The number of nitrogens with zero attached hydrogens (tertiary/aromatic N) is 1. The van der Waals surface area contributed by atoms with Crippen LogP contribution in [0.25, 0.3) is 0 Å². The Kier molecular flexibility index (Phi) is 4.28. The maximum absolute atomic E-state index is 13.7. The van der Waals surface area contributed by atoms with Crippen molar-refractivity contribution in [2.24, 2.45) is 11.8 Å². The van der Waals surface area contributed by atoms with E-state index in [-0.39, 0.29) is 24.0 Å². The predicted octanol–water partition coefficient (Wildman–Crippen LogP) is 3.12. The summed E-state index contributed by atoms with van der Waals surface area (Å²) in [5, 5.41) is 0. The van der Waals surface area contributed by atoms with Crippen LogP contribution < -0.4 is 0 Å². The lowest BCUT2D eigenvalue weighted by Gasteiger charge is -2.31. The van der Waals surface area contributed by atoms with Crippen molar-refractivity contribution in [2.45, 2.75) is 24.7 Å². The van der Waals surface area contributed by atoms with E-state index >= 15 is 0 Å². The monoisotopic (exact) mass is 389 g/mol. The molecule has 2 bridgehead atoms.